The lowest BCUT2D eigenvalue weighted by atomic mass is 10.2. The highest BCUT2D eigenvalue weighted by atomic mass is 32.2. The molecule has 0 spiro atoms. The molecule has 21 heavy (non-hydrogen) atoms. The van der Waals surface area contributed by atoms with Gasteiger partial charge in [-0.3, -0.25) is 4.72 Å². The van der Waals surface area contributed by atoms with Gasteiger partial charge in [-0.15, -0.1) is 0 Å². The van der Waals surface area contributed by atoms with Gasteiger partial charge in [0.2, 0.25) is 0 Å². The summed E-state index contributed by atoms with van der Waals surface area (Å²) in [7, 11) is -2.25. The van der Waals surface area contributed by atoms with E-state index in [0.717, 1.165) is 11.1 Å². The molecule has 2 rings (SSSR count). The second kappa shape index (κ2) is 6.24. The number of hydrogen-bond acceptors (Lipinski definition) is 3. The Morgan fingerprint density at radius 3 is 2.38 bits per heavy atom. The number of anilines is 1. The molecule has 0 unspecified atom stereocenters. The van der Waals surface area contributed by atoms with Gasteiger partial charge in [-0.05, 0) is 42.3 Å². The molecule has 0 radical (unpaired) electrons. The molecule has 0 aliphatic rings. The van der Waals surface area contributed by atoms with E-state index in [1.54, 1.807) is 32.2 Å². The Balaban J connectivity index is 2.25. The molecule has 6 heteroatoms. The monoisotopic (exact) mass is 309 g/mol. The van der Waals surface area contributed by atoms with Crippen molar-refractivity contribution in [2.75, 3.05) is 11.8 Å². The minimum Gasteiger partial charge on any atom is -0.380 e. The summed E-state index contributed by atoms with van der Waals surface area (Å²) < 4.78 is 45.3. The van der Waals surface area contributed by atoms with Crippen LogP contribution < -0.4 is 4.72 Å². The molecule has 0 aromatic heterocycles. The average Bonchev–Trinajstić information content (AvgIpc) is 2.43. The van der Waals surface area contributed by atoms with Crippen molar-refractivity contribution in [3.8, 4) is 0 Å². The van der Waals surface area contributed by atoms with Crippen LogP contribution in [0.25, 0.3) is 0 Å². The van der Waals surface area contributed by atoms with Crippen LogP contribution in [0.15, 0.2) is 47.4 Å². The van der Waals surface area contributed by atoms with Gasteiger partial charge < -0.3 is 4.74 Å². The smallest absolute Gasteiger partial charge is 0.261 e. The maximum atomic E-state index is 13.7. The van der Waals surface area contributed by atoms with Crippen molar-refractivity contribution >= 4 is 15.7 Å². The van der Waals surface area contributed by atoms with Crippen LogP contribution in [-0.2, 0) is 21.4 Å². The van der Waals surface area contributed by atoms with Gasteiger partial charge in [-0.1, -0.05) is 18.2 Å². The summed E-state index contributed by atoms with van der Waals surface area (Å²) in [5.41, 5.74) is 1.51. The highest BCUT2D eigenvalue weighted by molar-refractivity contribution is 7.92. The first kappa shape index (κ1) is 15.5. The maximum absolute atomic E-state index is 13.7. The summed E-state index contributed by atoms with van der Waals surface area (Å²) in [5.74, 6) is -0.602. The molecule has 0 atom stereocenters. The predicted octanol–water partition coefficient (Wildman–Crippen LogP) is 3.08. The minimum atomic E-state index is -3.81. The van der Waals surface area contributed by atoms with E-state index in [0.29, 0.717) is 6.61 Å². The third-order valence-electron chi connectivity index (χ3n) is 2.91. The van der Waals surface area contributed by atoms with Crippen molar-refractivity contribution in [3.05, 3.63) is 59.4 Å². The second-order valence-electron chi connectivity index (χ2n) is 4.67. The van der Waals surface area contributed by atoms with Crippen LogP contribution in [-0.4, -0.2) is 15.5 Å². The summed E-state index contributed by atoms with van der Waals surface area (Å²) in [6, 6.07) is 10.6. The van der Waals surface area contributed by atoms with Gasteiger partial charge in [0.25, 0.3) is 10.0 Å². The fourth-order valence-electron chi connectivity index (χ4n) is 1.84. The lowest BCUT2D eigenvalue weighted by Gasteiger charge is -2.10. The molecule has 112 valence electrons. The van der Waals surface area contributed by atoms with Crippen molar-refractivity contribution in [3.63, 3.8) is 0 Å². The number of benzene rings is 2. The van der Waals surface area contributed by atoms with Crippen LogP contribution in [0.4, 0.5) is 10.1 Å². The van der Waals surface area contributed by atoms with Crippen molar-refractivity contribution in [2.45, 2.75) is 18.4 Å². The van der Waals surface area contributed by atoms with Crippen LogP contribution in [0.3, 0.4) is 0 Å². The van der Waals surface area contributed by atoms with E-state index in [2.05, 4.69) is 4.72 Å². The number of rotatable bonds is 5. The lowest BCUT2D eigenvalue weighted by Crippen LogP contribution is -2.14. The Bertz CT molecular complexity index is 727. The first-order chi connectivity index (χ1) is 9.92. The Hall–Kier alpha value is -1.92. The molecule has 2 aromatic carbocycles. The highest BCUT2D eigenvalue weighted by Gasteiger charge is 2.16. The predicted molar refractivity (Wildman–Crippen MR) is 79.1 cm³/mol. The van der Waals surface area contributed by atoms with E-state index in [1.165, 1.54) is 24.3 Å². The fraction of sp³-hybridized carbons (Fsp3) is 0.200. The molecule has 0 aliphatic carbocycles. The maximum Gasteiger partial charge on any atom is 0.261 e. The molecule has 0 saturated heterocycles. The zero-order chi connectivity index (χ0) is 15.5. The molecule has 1 N–H and O–H groups in total. The first-order valence-corrected chi connectivity index (χ1v) is 7.77. The van der Waals surface area contributed by atoms with Crippen molar-refractivity contribution in [1.29, 1.82) is 0 Å². The second-order valence-corrected chi connectivity index (χ2v) is 6.35. The normalized spacial score (nSPS) is 11.4. The number of aryl methyl sites for hydroxylation is 1. The van der Waals surface area contributed by atoms with Crippen LogP contribution in [0.2, 0.25) is 0 Å². The quantitative estimate of drug-likeness (QED) is 0.923. The number of halogens is 1. The van der Waals surface area contributed by atoms with Gasteiger partial charge in [0, 0.05) is 7.11 Å². The van der Waals surface area contributed by atoms with Gasteiger partial charge in [0.15, 0.2) is 0 Å². The molecule has 0 bridgehead atoms. The van der Waals surface area contributed by atoms with E-state index in [9.17, 15) is 12.8 Å². The Morgan fingerprint density at radius 2 is 1.81 bits per heavy atom. The number of sulfonamides is 1. The van der Waals surface area contributed by atoms with Gasteiger partial charge in [-0.25, -0.2) is 12.8 Å². The van der Waals surface area contributed by atoms with E-state index in [-0.39, 0.29) is 10.6 Å². The zero-order valence-electron chi connectivity index (χ0n) is 11.8. The summed E-state index contributed by atoms with van der Waals surface area (Å²) >= 11 is 0. The summed E-state index contributed by atoms with van der Waals surface area (Å²) in [4.78, 5) is 0.0716. The molecule has 2 aromatic rings. The summed E-state index contributed by atoms with van der Waals surface area (Å²) in [6.45, 7) is 2.14. The standard InChI is InChI=1S/C15H16FNO3S/c1-11-3-8-15(14(16)9-11)17-21(18,19)13-6-4-12(5-7-13)10-20-2/h3-9,17H,10H2,1-2H3. The van der Waals surface area contributed by atoms with Crippen LogP contribution >= 0.6 is 0 Å². The van der Waals surface area contributed by atoms with E-state index in [4.69, 9.17) is 4.74 Å². The molecule has 0 amide bonds. The molecule has 4 nitrogen and oxygen atoms in total. The topological polar surface area (TPSA) is 55.4 Å². The number of nitrogens with one attached hydrogen (secondary N) is 1. The number of methoxy groups -OCH3 is 1. The lowest BCUT2D eigenvalue weighted by molar-refractivity contribution is 0.185. The van der Waals surface area contributed by atoms with E-state index in [1.807, 2.05) is 0 Å². The van der Waals surface area contributed by atoms with Gasteiger partial charge in [0.1, 0.15) is 5.82 Å². The minimum absolute atomic E-state index is 0.0680. The van der Waals surface area contributed by atoms with Crippen LogP contribution in [0.5, 0.6) is 0 Å². The Morgan fingerprint density at radius 1 is 1.14 bits per heavy atom. The SMILES string of the molecule is COCc1ccc(S(=O)(=O)Nc2ccc(C)cc2F)cc1. The van der Waals surface area contributed by atoms with Crippen LogP contribution in [0.1, 0.15) is 11.1 Å². The molecule has 0 aliphatic heterocycles. The number of ether oxygens (including phenoxy) is 1. The van der Waals surface area contributed by atoms with Crippen molar-refractivity contribution in [2.24, 2.45) is 0 Å². The van der Waals surface area contributed by atoms with Gasteiger partial charge >= 0.3 is 0 Å². The van der Waals surface area contributed by atoms with Gasteiger partial charge in [0.05, 0.1) is 17.2 Å². The highest BCUT2D eigenvalue weighted by Crippen LogP contribution is 2.20. The molecule has 0 saturated carbocycles. The van der Waals surface area contributed by atoms with Crippen molar-refractivity contribution in [1.82, 2.24) is 0 Å². The van der Waals surface area contributed by atoms with E-state index >= 15 is 0 Å². The first-order valence-electron chi connectivity index (χ1n) is 6.29. The summed E-state index contributed by atoms with van der Waals surface area (Å²) in [6.07, 6.45) is 0. The Labute approximate surface area is 123 Å². The average molecular weight is 309 g/mol. The summed E-state index contributed by atoms with van der Waals surface area (Å²) in [5, 5.41) is 0. The largest absolute Gasteiger partial charge is 0.380 e. The van der Waals surface area contributed by atoms with Crippen molar-refractivity contribution < 1.29 is 17.5 Å². The zero-order valence-corrected chi connectivity index (χ0v) is 12.6. The van der Waals surface area contributed by atoms with E-state index < -0.39 is 15.8 Å². The fourth-order valence-corrected chi connectivity index (χ4v) is 2.91. The molecule has 0 heterocycles. The Kier molecular flexibility index (Phi) is 4.59. The molecule has 0 fully saturated rings. The third-order valence-corrected chi connectivity index (χ3v) is 4.29. The van der Waals surface area contributed by atoms with Gasteiger partial charge in [-0.2, -0.15) is 0 Å². The molecular weight excluding hydrogens is 293 g/mol. The van der Waals surface area contributed by atoms with Crippen LogP contribution in [0, 0.1) is 12.7 Å². The third kappa shape index (κ3) is 3.80. The molecular formula is C15H16FNO3S. The number of hydrogen-bond donors (Lipinski definition) is 1.